The van der Waals surface area contributed by atoms with E-state index in [9.17, 15) is 9.59 Å². The van der Waals surface area contributed by atoms with Crippen molar-refractivity contribution in [1.29, 1.82) is 0 Å². The second-order valence-electron chi connectivity index (χ2n) is 6.95. The van der Waals surface area contributed by atoms with Crippen molar-refractivity contribution in [2.75, 3.05) is 0 Å². The Hall–Kier alpha value is -2.82. The van der Waals surface area contributed by atoms with E-state index in [4.69, 9.17) is 14.7 Å². The van der Waals surface area contributed by atoms with Gasteiger partial charge in [-0.15, -0.1) is 0 Å². The molecular weight excluding hydrogens is 375 g/mol. The van der Waals surface area contributed by atoms with Crippen LogP contribution in [0, 0.1) is 5.92 Å². The zero-order chi connectivity index (χ0) is 20.6. The van der Waals surface area contributed by atoms with Gasteiger partial charge in [0.1, 0.15) is 18.0 Å². The highest BCUT2D eigenvalue weighted by molar-refractivity contribution is 6.32. The first kappa shape index (κ1) is 20.9. The molecule has 3 rings (SSSR count). The largest absolute Gasteiger partial charge is 0.635 e. The van der Waals surface area contributed by atoms with Gasteiger partial charge in [-0.1, -0.05) is 43.2 Å². The van der Waals surface area contributed by atoms with E-state index in [2.05, 4.69) is 20.6 Å². The van der Waals surface area contributed by atoms with Crippen molar-refractivity contribution >= 4 is 19.1 Å². The molecule has 1 heterocycles. The zero-order valence-corrected chi connectivity index (χ0v) is 15.8. The molecule has 1 aromatic carbocycles. The highest BCUT2D eigenvalue weighted by atomic mass is 16.6. The minimum Gasteiger partial charge on any atom is -0.402 e. The van der Waals surface area contributed by atoms with Crippen molar-refractivity contribution in [3.8, 4) is 0 Å². The first-order valence-corrected chi connectivity index (χ1v) is 9.44. The highest BCUT2D eigenvalue weighted by Crippen LogP contribution is 2.33. The van der Waals surface area contributed by atoms with Crippen LogP contribution in [0.1, 0.15) is 35.3 Å². The monoisotopic (exact) mass is 398 g/mol. The van der Waals surface area contributed by atoms with Gasteiger partial charge in [-0.05, 0) is 17.9 Å². The molecule has 29 heavy (non-hydrogen) atoms. The van der Waals surface area contributed by atoms with E-state index in [0.717, 1.165) is 18.4 Å². The summed E-state index contributed by atoms with van der Waals surface area (Å²) in [6, 6.07) is 8.34. The van der Waals surface area contributed by atoms with E-state index in [1.165, 1.54) is 18.6 Å². The van der Waals surface area contributed by atoms with Crippen LogP contribution in [0.4, 0.5) is 0 Å². The minimum absolute atomic E-state index is 0.0925. The Labute approximate surface area is 168 Å². The molecule has 152 valence electrons. The molecule has 2 aromatic rings. The van der Waals surface area contributed by atoms with Gasteiger partial charge >= 0.3 is 7.32 Å². The average Bonchev–Trinajstić information content (AvgIpc) is 3.52. The summed E-state index contributed by atoms with van der Waals surface area (Å²) in [4.78, 5) is 33.2. The normalized spacial score (nSPS) is 15.2. The SMILES string of the molecule is O=C(N[C@@H](Cc1ccccc1)C(=O)N[C@@H](CC1CC1)OB(O)O)c1cnccn1. The smallest absolute Gasteiger partial charge is 0.402 e. The fraction of sp³-hybridized carbons (Fsp3) is 0.368. The first-order chi connectivity index (χ1) is 14.0. The molecule has 0 saturated heterocycles. The summed E-state index contributed by atoms with van der Waals surface area (Å²) in [6.07, 6.45) is 6.03. The molecule has 1 aliphatic rings. The number of hydrogen-bond acceptors (Lipinski definition) is 7. The van der Waals surface area contributed by atoms with Gasteiger partial charge in [0, 0.05) is 18.8 Å². The van der Waals surface area contributed by atoms with Gasteiger partial charge in [-0.3, -0.25) is 14.6 Å². The number of nitrogens with zero attached hydrogens (tertiary/aromatic N) is 2. The Morgan fingerprint density at radius 1 is 1.17 bits per heavy atom. The molecule has 0 spiro atoms. The second-order valence-corrected chi connectivity index (χ2v) is 6.95. The number of aromatic nitrogens is 2. The van der Waals surface area contributed by atoms with E-state index >= 15 is 0 Å². The van der Waals surface area contributed by atoms with E-state index in [1.807, 2.05) is 30.3 Å². The predicted octanol–water partition coefficient (Wildman–Crippen LogP) is 0.0462. The first-order valence-electron chi connectivity index (χ1n) is 9.44. The lowest BCUT2D eigenvalue weighted by Gasteiger charge is -2.24. The van der Waals surface area contributed by atoms with Gasteiger partial charge in [0.05, 0.1) is 6.20 Å². The number of benzene rings is 1. The lowest BCUT2D eigenvalue weighted by atomic mass is 10.0. The minimum atomic E-state index is -2.00. The van der Waals surface area contributed by atoms with Gasteiger partial charge in [-0.2, -0.15) is 0 Å². The molecule has 2 atom stereocenters. The van der Waals surface area contributed by atoms with Crippen LogP contribution in [0.25, 0.3) is 0 Å². The Balaban J connectivity index is 1.71. The molecule has 0 aliphatic heterocycles. The second kappa shape index (κ2) is 10.1. The molecule has 1 aliphatic carbocycles. The maximum absolute atomic E-state index is 12.9. The lowest BCUT2D eigenvalue weighted by Crippen LogP contribution is -2.52. The molecule has 1 aromatic heterocycles. The molecule has 1 fully saturated rings. The quantitative estimate of drug-likeness (QED) is 0.328. The maximum Gasteiger partial charge on any atom is 0.635 e. The Bertz CT molecular complexity index is 801. The summed E-state index contributed by atoms with van der Waals surface area (Å²) in [5.74, 6) is -0.644. The number of carbonyl (C=O) groups excluding carboxylic acids is 2. The Morgan fingerprint density at radius 3 is 2.55 bits per heavy atom. The van der Waals surface area contributed by atoms with Gasteiger partial charge in [0.15, 0.2) is 0 Å². The zero-order valence-electron chi connectivity index (χ0n) is 15.8. The Morgan fingerprint density at radius 2 is 1.93 bits per heavy atom. The van der Waals surface area contributed by atoms with Crippen LogP contribution in [-0.4, -0.2) is 51.4 Å². The lowest BCUT2D eigenvalue weighted by molar-refractivity contribution is -0.126. The van der Waals surface area contributed by atoms with E-state index in [0.29, 0.717) is 12.3 Å². The van der Waals surface area contributed by atoms with Gasteiger partial charge in [0.2, 0.25) is 5.91 Å². The molecule has 4 N–H and O–H groups in total. The van der Waals surface area contributed by atoms with Crippen LogP contribution >= 0.6 is 0 Å². The predicted molar refractivity (Wildman–Crippen MR) is 104 cm³/mol. The van der Waals surface area contributed by atoms with Crippen molar-refractivity contribution in [1.82, 2.24) is 20.6 Å². The third-order valence-corrected chi connectivity index (χ3v) is 4.53. The third-order valence-electron chi connectivity index (χ3n) is 4.53. The third kappa shape index (κ3) is 6.93. The molecule has 9 nitrogen and oxygen atoms in total. The van der Waals surface area contributed by atoms with Crippen molar-refractivity contribution in [3.05, 3.63) is 60.2 Å². The molecule has 10 heteroatoms. The van der Waals surface area contributed by atoms with E-state index < -0.39 is 31.4 Å². The van der Waals surface area contributed by atoms with Gasteiger partial charge < -0.3 is 25.3 Å². The van der Waals surface area contributed by atoms with E-state index in [-0.39, 0.29) is 12.1 Å². The molecule has 0 unspecified atom stereocenters. The van der Waals surface area contributed by atoms with Crippen LogP contribution in [0.3, 0.4) is 0 Å². The molecule has 0 bridgehead atoms. The molecule has 2 amide bonds. The van der Waals surface area contributed by atoms with Gasteiger partial charge in [-0.25, -0.2) is 4.98 Å². The van der Waals surface area contributed by atoms with Crippen LogP contribution in [0.5, 0.6) is 0 Å². The number of rotatable bonds is 10. The fourth-order valence-electron chi connectivity index (χ4n) is 2.92. The van der Waals surface area contributed by atoms with Crippen LogP contribution in [0.15, 0.2) is 48.9 Å². The van der Waals surface area contributed by atoms with Crippen molar-refractivity contribution in [3.63, 3.8) is 0 Å². The molecule has 1 saturated carbocycles. The van der Waals surface area contributed by atoms with Crippen LogP contribution in [0.2, 0.25) is 0 Å². The van der Waals surface area contributed by atoms with E-state index in [1.54, 1.807) is 0 Å². The van der Waals surface area contributed by atoms with Crippen molar-refractivity contribution < 1.29 is 24.3 Å². The Kier molecular flexibility index (Phi) is 7.28. The highest BCUT2D eigenvalue weighted by Gasteiger charge is 2.31. The number of hydrogen-bond donors (Lipinski definition) is 4. The van der Waals surface area contributed by atoms with Crippen LogP contribution < -0.4 is 10.6 Å². The van der Waals surface area contributed by atoms with Gasteiger partial charge in [0.25, 0.3) is 5.91 Å². The molecular formula is C19H23BN4O5. The van der Waals surface area contributed by atoms with Crippen LogP contribution in [-0.2, 0) is 15.9 Å². The summed E-state index contributed by atoms with van der Waals surface area (Å²) in [5, 5.41) is 23.6. The average molecular weight is 398 g/mol. The standard InChI is InChI=1S/C19H23BN4O5/c25-18(24-17(29-20(27)28)11-14-6-7-14)15(10-13-4-2-1-3-5-13)23-19(26)16-12-21-8-9-22-16/h1-5,8-9,12,14-15,17,27-28H,6-7,10-11H2,(H,23,26)(H,24,25)/t15-,17+/m0/s1. The summed E-state index contributed by atoms with van der Waals surface area (Å²) < 4.78 is 5.01. The summed E-state index contributed by atoms with van der Waals surface area (Å²) in [6.45, 7) is 0. The van der Waals surface area contributed by atoms with Crippen molar-refractivity contribution in [2.45, 2.75) is 38.0 Å². The topological polar surface area (TPSA) is 134 Å². The number of nitrogens with one attached hydrogen (secondary N) is 2. The maximum atomic E-state index is 12.9. The fourth-order valence-corrected chi connectivity index (χ4v) is 2.92. The summed E-state index contributed by atoms with van der Waals surface area (Å²) >= 11 is 0. The summed E-state index contributed by atoms with van der Waals surface area (Å²) in [5.41, 5.74) is 0.948. The molecule has 0 radical (unpaired) electrons. The summed E-state index contributed by atoms with van der Waals surface area (Å²) in [7, 11) is -2.00. The van der Waals surface area contributed by atoms with Crippen molar-refractivity contribution in [2.24, 2.45) is 5.92 Å². The number of carbonyl (C=O) groups is 2. The number of amides is 2.